The first-order valence-corrected chi connectivity index (χ1v) is 6.91. The normalized spacial score (nSPS) is 10.7. The van der Waals surface area contributed by atoms with Crippen LogP contribution in [0.2, 0.25) is 0 Å². The van der Waals surface area contributed by atoms with Crippen LogP contribution in [0.25, 0.3) is 22.4 Å². The highest BCUT2D eigenvalue weighted by Crippen LogP contribution is 2.24. The molecule has 2 aromatic heterocycles. The fourth-order valence-corrected chi connectivity index (χ4v) is 2.11. The van der Waals surface area contributed by atoms with E-state index >= 15 is 0 Å². The van der Waals surface area contributed by atoms with Crippen LogP contribution in [-0.2, 0) is 0 Å². The lowest BCUT2D eigenvalue weighted by molar-refractivity contribution is 0.100. The zero-order chi connectivity index (χ0) is 16.4. The summed E-state index contributed by atoms with van der Waals surface area (Å²) in [6.07, 6.45) is 1.55. The van der Waals surface area contributed by atoms with Gasteiger partial charge in [-0.15, -0.1) is 0 Å². The minimum absolute atomic E-state index is 0.0683. The van der Waals surface area contributed by atoms with Gasteiger partial charge in [0.05, 0.1) is 18.5 Å². The molecule has 0 unspecified atom stereocenters. The number of fused-ring (bicyclic) bond motifs is 1. The standard InChI is InChI=1S/C15H14N6O2/c1-2-23-14-11-13(20-15(17)21-14)18-7-10(19-11)8-4-3-5-9(6-8)12(16)22/h3-7H,2H2,1H3,(H2,16,22)(H2,17,18,20,21). The Bertz CT molecular complexity index is 896. The SMILES string of the molecule is CCOc1nc(N)nc2ncc(-c3cccc(C(N)=O)c3)nc12. The zero-order valence-corrected chi connectivity index (χ0v) is 12.4. The number of hydrogen-bond acceptors (Lipinski definition) is 7. The molecule has 4 N–H and O–H groups in total. The lowest BCUT2D eigenvalue weighted by Crippen LogP contribution is -2.10. The molecule has 1 amide bonds. The van der Waals surface area contributed by atoms with Crippen LogP contribution in [0.3, 0.4) is 0 Å². The molecule has 0 aliphatic heterocycles. The van der Waals surface area contributed by atoms with Crippen LogP contribution in [0, 0.1) is 0 Å². The van der Waals surface area contributed by atoms with Crippen molar-refractivity contribution in [1.29, 1.82) is 0 Å². The van der Waals surface area contributed by atoms with Gasteiger partial charge in [-0.05, 0) is 19.1 Å². The van der Waals surface area contributed by atoms with Gasteiger partial charge in [-0.3, -0.25) is 4.79 Å². The molecule has 2 heterocycles. The number of benzene rings is 1. The molecule has 8 heteroatoms. The highest BCUT2D eigenvalue weighted by molar-refractivity contribution is 5.94. The monoisotopic (exact) mass is 310 g/mol. The van der Waals surface area contributed by atoms with Crippen LogP contribution >= 0.6 is 0 Å². The molecule has 0 aliphatic carbocycles. The number of hydrogen-bond donors (Lipinski definition) is 2. The molecule has 0 saturated carbocycles. The molecule has 8 nitrogen and oxygen atoms in total. The van der Waals surface area contributed by atoms with E-state index < -0.39 is 5.91 Å². The van der Waals surface area contributed by atoms with Crippen molar-refractivity contribution in [3.05, 3.63) is 36.0 Å². The summed E-state index contributed by atoms with van der Waals surface area (Å²) in [6.45, 7) is 2.24. The first-order valence-electron chi connectivity index (χ1n) is 6.91. The van der Waals surface area contributed by atoms with E-state index in [-0.39, 0.29) is 11.8 Å². The average Bonchev–Trinajstić information content (AvgIpc) is 2.55. The molecule has 0 radical (unpaired) electrons. The van der Waals surface area contributed by atoms with Gasteiger partial charge in [0, 0.05) is 11.1 Å². The molecule has 116 valence electrons. The summed E-state index contributed by atoms with van der Waals surface area (Å²) in [6, 6.07) is 6.82. The van der Waals surface area contributed by atoms with E-state index in [2.05, 4.69) is 19.9 Å². The maximum absolute atomic E-state index is 11.3. The summed E-state index contributed by atoms with van der Waals surface area (Å²) in [5, 5.41) is 0. The summed E-state index contributed by atoms with van der Waals surface area (Å²) in [5.41, 5.74) is 13.3. The van der Waals surface area contributed by atoms with Crippen LogP contribution in [-0.4, -0.2) is 32.4 Å². The van der Waals surface area contributed by atoms with Crippen LogP contribution in [0.5, 0.6) is 5.88 Å². The molecule has 0 bridgehead atoms. The second-order valence-corrected chi connectivity index (χ2v) is 4.69. The van der Waals surface area contributed by atoms with Gasteiger partial charge in [-0.25, -0.2) is 9.97 Å². The number of rotatable bonds is 4. The minimum Gasteiger partial charge on any atom is -0.476 e. The second kappa shape index (κ2) is 5.84. The Morgan fingerprint density at radius 3 is 2.83 bits per heavy atom. The van der Waals surface area contributed by atoms with Crippen molar-refractivity contribution in [3.8, 4) is 17.1 Å². The third-order valence-electron chi connectivity index (χ3n) is 3.12. The molecule has 1 aromatic carbocycles. The van der Waals surface area contributed by atoms with Gasteiger partial charge < -0.3 is 16.2 Å². The number of nitrogens with zero attached hydrogens (tertiary/aromatic N) is 4. The van der Waals surface area contributed by atoms with Crippen molar-refractivity contribution in [2.24, 2.45) is 5.73 Å². The molecule has 0 atom stereocenters. The molecule has 0 aliphatic rings. The highest BCUT2D eigenvalue weighted by atomic mass is 16.5. The lowest BCUT2D eigenvalue weighted by Gasteiger charge is -2.08. The van der Waals surface area contributed by atoms with Gasteiger partial charge in [0.1, 0.15) is 0 Å². The number of carbonyl (C=O) groups excluding carboxylic acids is 1. The van der Waals surface area contributed by atoms with E-state index in [4.69, 9.17) is 16.2 Å². The van der Waals surface area contributed by atoms with Crippen LogP contribution in [0.4, 0.5) is 5.95 Å². The van der Waals surface area contributed by atoms with Gasteiger partial charge in [0.15, 0.2) is 11.2 Å². The van der Waals surface area contributed by atoms with E-state index in [1.807, 2.05) is 6.92 Å². The Morgan fingerprint density at radius 1 is 1.26 bits per heavy atom. The Hall–Kier alpha value is -3.29. The average molecular weight is 310 g/mol. The third kappa shape index (κ3) is 2.86. The molecule has 0 spiro atoms. The summed E-state index contributed by atoms with van der Waals surface area (Å²) in [5.74, 6) is -0.166. The number of nitrogens with two attached hydrogens (primary N) is 2. The summed E-state index contributed by atoms with van der Waals surface area (Å²) < 4.78 is 5.45. The molecular formula is C15H14N6O2. The van der Waals surface area contributed by atoms with Gasteiger partial charge in [-0.2, -0.15) is 9.97 Å². The summed E-state index contributed by atoms with van der Waals surface area (Å²) >= 11 is 0. The largest absolute Gasteiger partial charge is 0.476 e. The number of anilines is 1. The summed E-state index contributed by atoms with van der Waals surface area (Å²) in [7, 11) is 0. The van der Waals surface area contributed by atoms with Crippen molar-refractivity contribution < 1.29 is 9.53 Å². The Labute approximate surface area is 131 Å². The first kappa shape index (κ1) is 14.6. The highest BCUT2D eigenvalue weighted by Gasteiger charge is 2.12. The van der Waals surface area contributed by atoms with Crippen molar-refractivity contribution >= 4 is 23.0 Å². The molecular weight excluding hydrogens is 296 g/mol. The van der Waals surface area contributed by atoms with E-state index in [0.29, 0.717) is 34.6 Å². The molecule has 0 saturated heterocycles. The zero-order valence-electron chi connectivity index (χ0n) is 12.4. The topological polar surface area (TPSA) is 130 Å². The minimum atomic E-state index is -0.508. The van der Waals surface area contributed by atoms with Crippen molar-refractivity contribution in [2.75, 3.05) is 12.3 Å². The van der Waals surface area contributed by atoms with Gasteiger partial charge in [0.2, 0.25) is 17.7 Å². The fourth-order valence-electron chi connectivity index (χ4n) is 2.11. The van der Waals surface area contributed by atoms with Crippen molar-refractivity contribution in [3.63, 3.8) is 0 Å². The van der Waals surface area contributed by atoms with Gasteiger partial charge >= 0.3 is 0 Å². The van der Waals surface area contributed by atoms with Crippen LogP contribution < -0.4 is 16.2 Å². The van der Waals surface area contributed by atoms with Crippen molar-refractivity contribution in [2.45, 2.75) is 6.92 Å². The molecule has 23 heavy (non-hydrogen) atoms. The molecule has 0 fully saturated rings. The Kier molecular flexibility index (Phi) is 3.71. The quantitative estimate of drug-likeness (QED) is 0.739. The van der Waals surface area contributed by atoms with E-state index in [1.54, 1.807) is 30.5 Å². The predicted octanol–water partition coefficient (Wildman–Crippen LogP) is 1.17. The Balaban J connectivity index is 2.16. The number of carbonyl (C=O) groups is 1. The number of amides is 1. The number of nitrogen functional groups attached to an aromatic ring is 1. The van der Waals surface area contributed by atoms with Crippen molar-refractivity contribution in [1.82, 2.24) is 19.9 Å². The number of aromatic nitrogens is 4. The Morgan fingerprint density at radius 2 is 2.09 bits per heavy atom. The van der Waals surface area contributed by atoms with Gasteiger partial charge in [0.25, 0.3) is 0 Å². The van der Waals surface area contributed by atoms with Crippen LogP contribution in [0.1, 0.15) is 17.3 Å². The van der Waals surface area contributed by atoms with Crippen LogP contribution in [0.15, 0.2) is 30.5 Å². The van der Waals surface area contributed by atoms with E-state index in [1.165, 1.54) is 0 Å². The maximum Gasteiger partial charge on any atom is 0.248 e. The number of primary amides is 1. The van der Waals surface area contributed by atoms with E-state index in [0.717, 1.165) is 0 Å². The second-order valence-electron chi connectivity index (χ2n) is 4.69. The lowest BCUT2D eigenvalue weighted by atomic mass is 10.1. The smallest absolute Gasteiger partial charge is 0.248 e. The van der Waals surface area contributed by atoms with E-state index in [9.17, 15) is 4.79 Å². The molecule has 3 aromatic rings. The summed E-state index contributed by atoms with van der Waals surface area (Å²) in [4.78, 5) is 28.1. The van der Waals surface area contributed by atoms with Gasteiger partial charge in [-0.1, -0.05) is 12.1 Å². The fraction of sp³-hybridized carbons (Fsp3) is 0.133. The maximum atomic E-state index is 11.3. The first-order chi connectivity index (χ1) is 11.1. The third-order valence-corrected chi connectivity index (χ3v) is 3.12. The molecule has 3 rings (SSSR count). The number of ether oxygens (including phenoxy) is 1. The predicted molar refractivity (Wildman–Crippen MR) is 84.7 cm³/mol.